The van der Waals surface area contributed by atoms with Crippen LogP contribution in [0.3, 0.4) is 0 Å². The van der Waals surface area contributed by atoms with Crippen LogP contribution in [0.4, 0.5) is 0 Å². The molecule has 0 radical (unpaired) electrons. The molecule has 2 unspecified atom stereocenters. The number of hydrogen-bond donors (Lipinski definition) is 5. The van der Waals surface area contributed by atoms with Gasteiger partial charge in [0.25, 0.3) is 0 Å². The fraction of sp³-hybridized carbons (Fsp3) is 0.458. The minimum absolute atomic E-state index is 0.0445. The van der Waals surface area contributed by atoms with Gasteiger partial charge in [0.1, 0.15) is 0 Å². The highest BCUT2D eigenvalue weighted by Crippen LogP contribution is 2.40. The Hall–Kier alpha value is -3.21. The average molecular weight is 474 g/mol. The molecule has 1 aliphatic carbocycles. The molecule has 10 nitrogen and oxygen atoms in total. The highest BCUT2D eigenvalue weighted by molar-refractivity contribution is 5.99. The molecule has 4 rings (SSSR count). The van der Waals surface area contributed by atoms with E-state index in [1.165, 1.54) is 27.6 Å². The van der Waals surface area contributed by atoms with E-state index in [9.17, 15) is 14.4 Å². The average Bonchev–Trinajstić information content (AvgIpc) is 3.23. The molecule has 0 spiro atoms. The number of carboxylic acids is 2. The second-order valence-electron chi connectivity index (χ2n) is 8.51. The Kier molecular flexibility index (Phi) is 7.75. The highest BCUT2D eigenvalue weighted by atomic mass is 16.4. The Morgan fingerprint density at radius 1 is 1.12 bits per heavy atom. The van der Waals surface area contributed by atoms with Gasteiger partial charge in [-0.15, -0.1) is 0 Å². The minimum Gasteiger partial charge on any atom is -0.479 e. The number of fused-ring (bicyclic) bond motifs is 2. The zero-order valence-electron chi connectivity index (χ0n) is 19.4. The molecule has 2 aromatic rings. The summed E-state index contributed by atoms with van der Waals surface area (Å²) in [5.74, 6) is -3.33. The zero-order chi connectivity index (χ0) is 25.2. The number of aliphatic carboxylic acids is 2. The van der Waals surface area contributed by atoms with Crippen LogP contribution in [-0.4, -0.2) is 98.0 Å². The van der Waals surface area contributed by atoms with Crippen LogP contribution in [0.2, 0.25) is 0 Å². The van der Waals surface area contributed by atoms with Gasteiger partial charge in [-0.25, -0.2) is 9.59 Å². The summed E-state index contributed by atoms with van der Waals surface area (Å²) >= 11 is 0. The normalized spacial score (nSPS) is 20.9. The first-order valence-corrected chi connectivity index (χ1v) is 11.2. The van der Waals surface area contributed by atoms with Crippen molar-refractivity contribution in [1.82, 2.24) is 14.8 Å². The fourth-order valence-corrected chi connectivity index (χ4v) is 4.65. The summed E-state index contributed by atoms with van der Waals surface area (Å²) in [6, 6.07) is 6.82. The largest absolute Gasteiger partial charge is 0.479 e. The highest BCUT2D eigenvalue weighted by Gasteiger charge is 2.36. The molecular weight excluding hydrogens is 442 g/mol. The number of carboxylic acid groups (broad SMARTS) is 2. The second kappa shape index (κ2) is 10.4. The number of aliphatic hydroxyl groups excluding tert-OH is 2. The molecule has 184 valence electrons. The zero-order valence-corrected chi connectivity index (χ0v) is 19.4. The van der Waals surface area contributed by atoms with E-state index in [0.717, 1.165) is 26.1 Å². The smallest absolute Gasteiger partial charge is 0.335 e. The maximum absolute atomic E-state index is 12.9. The lowest BCUT2D eigenvalue weighted by molar-refractivity contribution is -0.165. The number of nitrogens with zero attached hydrogens (tertiary/aromatic N) is 2. The van der Waals surface area contributed by atoms with Crippen LogP contribution >= 0.6 is 0 Å². The molecule has 34 heavy (non-hydrogen) atoms. The maximum Gasteiger partial charge on any atom is 0.335 e. The van der Waals surface area contributed by atoms with Gasteiger partial charge in [0.15, 0.2) is 12.2 Å². The number of aromatic amines is 1. The van der Waals surface area contributed by atoms with Crippen molar-refractivity contribution in [2.75, 3.05) is 26.7 Å². The van der Waals surface area contributed by atoms with Crippen molar-refractivity contribution in [1.29, 1.82) is 0 Å². The molecule has 0 saturated carbocycles. The molecule has 1 aromatic heterocycles. The van der Waals surface area contributed by atoms with Crippen molar-refractivity contribution in [3.63, 3.8) is 0 Å². The molecule has 0 fully saturated rings. The molecule has 2 aliphatic rings. The minimum atomic E-state index is -2.27. The summed E-state index contributed by atoms with van der Waals surface area (Å²) in [6.07, 6.45) is 0.878. The van der Waals surface area contributed by atoms with Crippen molar-refractivity contribution in [3.05, 3.63) is 41.6 Å². The predicted molar refractivity (Wildman–Crippen MR) is 125 cm³/mol. The van der Waals surface area contributed by atoms with E-state index in [4.69, 9.17) is 20.4 Å². The van der Waals surface area contributed by atoms with Gasteiger partial charge in [-0.2, -0.15) is 0 Å². The van der Waals surface area contributed by atoms with Crippen molar-refractivity contribution >= 4 is 34.3 Å². The Bertz CT molecular complexity index is 1090. The van der Waals surface area contributed by atoms with E-state index in [1.54, 1.807) is 0 Å². The molecule has 0 saturated heterocycles. The molecule has 10 heteroatoms. The molecule has 0 bridgehead atoms. The van der Waals surface area contributed by atoms with Crippen LogP contribution in [0.15, 0.2) is 30.5 Å². The topological polar surface area (TPSA) is 154 Å². The van der Waals surface area contributed by atoms with Gasteiger partial charge in [-0.3, -0.25) is 9.69 Å². The lowest BCUT2D eigenvalue weighted by atomic mass is 9.79. The number of amides is 1. The Balaban J connectivity index is 0.000000277. The summed E-state index contributed by atoms with van der Waals surface area (Å²) in [7, 11) is 2.15. The number of H-pyrrole nitrogens is 1. The number of aliphatic hydroxyl groups is 2. The second-order valence-corrected chi connectivity index (χ2v) is 8.51. The number of carbonyl (C=O) groups is 3. The number of likely N-dealkylation sites (N-methyl/N-ethyl adjacent to an activating group) is 1. The molecule has 1 amide bonds. The van der Waals surface area contributed by atoms with Crippen molar-refractivity contribution in [2.24, 2.45) is 5.92 Å². The number of rotatable bonds is 6. The van der Waals surface area contributed by atoms with E-state index in [0.29, 0.717) is 6.04 Å². The van der Waals surface area contributed by atoms with Gasteiger partial charge in [0.2, 0.25) is 5.91 Å². The van der Waals surface area contributed by atoms with E-state index in [2.05, 4.69) is 61.3 Å². The van der Waals surface area contributed by atoms with Crippen LogP contribution < -0.4 is 0 Å². The number of hydrogen-bond acceptors (Lipinski definition) is 6. The lowest BCUT2D eigenvalue weighted by Crippen LogP contribution is -2.47. The summed E-state index contributed by atoms with van der Waals surface area (Å²) in [4.78, 5) is 40.1. The van der Waals surface area contributed by atoms with Crippen molar-refractivity contribution in [3.8, 4) is 0 Å². The molecule has 1 aliphatic heterocycles. The number of benzene rings is 1. The van der Waals surface area contributed by atoms with Crippen LogP contribution in [0.25, 0.3) is 16.5 Å². The first kappa shape index (κ1) is 25.4. The van der Waals surface area contributed by atoms with Crippen LogP contribution in [0, 0.1) is 5.92 Å². The van der Waals surface area contributed by atoms with Gasteiger partial charge < -0.3 is 30.3 Å². The predicted octanol–water partition coefficient (Wildman–Crippen LogP) is 0.783. The van der Waals surface area contributed by atoms with Crippen LogP contribution in [0.5, 0.6) is 0 Å². The summed E-state index contributed by atoms with van der Waals surface area (Å²) in [5.41, 5.74) is 5.21. The molecule has 4 atom stereocenters. The summed E-state index contributed by atoms with van der Waals surface area (Å²) in [6.45, 7) is 6.47. The van der Waals surface area contributed by atoms with Gasteiger partial charge in [-0.1, -0.05) is 18.2 Å². The molecular formula is C24H31N3O7. The number of nitrogens with one attached hydrogen (secondary N) is 1. The first-order valence-electron chi connectivity index (χ1n) is 11.2. The Labute approximate surface area is 197 Å². The summed E-state index contributed by atoms with van der Waals surface area (Å²) in [5, 5.41) is 33.9. The third-order valence-corrected chi connectivity index (χ3v) is 6.47. The quantitative estimate of drug-likeness (QED) is 0.412. The SMILES string of the molecule is CCN(CC)C(=O)[C@@H]1C=C2c3cccc4[nH]cc(c34)C[C@H]2N(C)C1.O=C(O)C(O)C(O)C(=O)O. The van der Waals surface area contributed by atoms with E-state index in [-0.39, 0.29) is 11.8 Å². The van der Waals surface area contributed by atoms with Crippen LogP contribution in [-0.2, 0) is 20.8 Å². The third kappa shape index (κ3) is 4.84. The number of aromatic nitrogens is 1. The standard InChI is InChI=1S/C20H25N3O.C4H6O6/c1-4-23(5-2)20(24)14-9-16-15-7-6-8-17-19(15)13(11-21-17)10-18(16)22(3)12-14;5-1(3(7)8)2(6)4(9)10/h6-9,11,14,18,21H,4-5,10,12H2,1-3H3;1-2,5-6H,(H,7,8)(H,9,10)/t14-,18-;/m1./s1. The van der Waals surface area contributed by atoms with Gasteiger partial charge >= 0.3 is 11.9 Å². The molecule has 1 aromatic carbocycles. The first-order chi connectivity index (χ1) is 16.1. The van der Waals surface area contributed by atoms with E-state index < -0.39 is 24.1 Å². The van der Waals surface area contributed by atoms with Gasteiger partial charge in [0.05, 0.1) is 5.92 Å². The maximum atomic E-state index is 12.9. The number of carbonyl (C=O) groups excluding carboxylic acids is 1. The lowest BCUT2D eigenvalue weighted by Gasteiger charge is -2.40. The van der Waals surface area contributed by atoms with Crippen LogP contribution in [0.1, 0.15) is 25.0 Å². The Morgan fingerprint density at radius 3 is 2.29 bits per heavy atom. The monoisotopic (exact) mass is 473 g/mol. The third-order valence-electron chi connectivity index (χ3n) is 6.47. The van der Waals surface area contributed by atoms with Gasteiger partial charge in [-0.05, 0) is 50.1 Å². The van der Waals surface area contributed by atoms with Gasteiger partial charge in [0, 0.05) is 42.8 Å². The van der Waals surface area contributed by atoms with E-state index >= 15 is 0 Å². The van der Waals surface area contributed by atoms with Crippen molar-refractivity contribution < 1.29 is 34.8 Å². The molecule has 5 N–H and O–H groups in total. The fourth-order valence-electron chi connectivity index (χ4n) is 4.65. The van der Waals surface area contributed by atoms with Crippen molar-refractivity contribution in [2.45, 2.75) is 38.5 Å². The summed E-state index contributed by atoms with van der Waals surface area (Å²) < 4.78 is 0. The van der Waals surface area contributed by atoms with E-state index in [1.807, 2.05) is 4.90 Å². The Morgan fingerprint density at radius 2 is 1.74 bits per heavy atom. The molecule has 2 heterocycles.